The third kappa shape index (κ3) is 3.03. The van der Waals surface area contributed by atoms with Gasteiger partial charge in [0.2, 0.25) is 0 Å². The summed E-state index contributed by atoms with van der Waals surface area (Å²) in [6.07, 6.45) is 0.524. The first-order valence-electron chi connectivity index (χ1n) is 6.10. The normalized spacial score (nSPS) is 18.7. The largest absolute Gasteiger partial charge is 0.324 e. The number of benzene rings is 1. The van der Waals surface area contributed by atoms with Crippen LogP contribution in [-0.4, -0.2) is 31.2 Å². The third-order valence-corrected chi connectivity index (χ3v) is 3.37. The molecule has 1 saturated heterocycles. The zero-order chi connectivity index (χ0) is 13.1. The molecule has 1 heterocycles. The molecule has 1 fully saturated rings. The number of likely N-dealkylation sites (tertiary alicyclic amines) is 1. The van der Waals surface area contributed by atoms with Crippen molar-refractivity contribution in [2.24, 2.45) is 11.7 Å². The average Bonchev–Trinajstić information content (AvgIpc) is 2.25. The molecule has 18 heavy (non-hydrogen) atoms. The lowest BCUT2D eigenvalue weighted by atomic mass is 9.87. The van der Waals surface area contributed by atoms with E-state index in [0.29, 0.717) is 12.0 Å². The van der Waals surface area contributed by atoms with Crippen LogP contribution in [0.25, 0.3) is 0 Å². The predicted octanol–water partition coefficient (Wildman–Crippen LogP) is 2.26. The van der Waals surface area contributed by atoms with E-state index >= 15 is 0 Å². The van der Waals surface area contributed by atoms with Crippen LogP contribution in [0, 0.1) is 17.6 Å². The highest BCUT2D eigenvalue weighted by Gasteiger charge is 2.32. The average molecular weight is 258 g/mol. The van der Waals surface area contributed by atoms with E-state index in [2.05, 4.69) is 4.90 Å². The molecule has 1 unspecified atom stereocenters. The van der Waals surface area contributed by atoms with Crippen molar-refractivity contribution in [3.05, 3.63) is 35.4 Å². The molecule has 0 spiro atoms. The molecule has 5 heteroatoms. The van der Waals surface area contributed by atoms with Gasteiger partial charge in [-0.2, -0.15) is 0 Å². The van der Waals surface area contributed by atoms with Crippen molar-refractivity contribution >= 4 is 0 Å². The molecule has 0 aromatic heterocycles. The van der Waals surface area contributed by atoms with Gasteiger partial charge in [0.25, 0.3) is 0 Å². The van der Waals surface area contributed by atoms with Crippen LogP contribution in [0.4, 0.5) is 13.2 Å². The summed E-state index contributed by atoms with van der Waals surface area (Å²) in [7, 11) is 0. The number of hydrogen-bond acceptors (Lipinski definition) is 2. The van der Waals surface area contributed by atoms with Crippen molar-refractivity contribution < 1.29 is 13.2 Å². The Kier molecular flexibility index (Phi) is 4.24. The monoisotopic (exact) mass is 258 g/mol. The fraction of sp³-hybridized carbons (Fsp3) is 0.538. The first-order chi connectivity index (χ1) is 8.60. The van der Waals surface area contributed by atoms with Crippen molar-refractivity contribution in [2.75, 3.05) is 26.3 Å². The van der Waals surface area contributed by atoms with Crippen molar-refractivity contribution in [3.8, 4) is 0 Å². The molecule has 0 aliphatic carbocycles. The molecule has 1 aliphatic heterocycles. The van der Waals surface area contributed by atoms with E-state index in [-0.39, 0.29) is 18.6 Å². The molecule has 1 aromatic carbocycles. The summed E-state index contributed by atoms with van der Waals surface area (Å²) in [5.74, 6) is -1.02. The number of nitrogens with two attached hydrogens (primary N) is 1. The van der Waals surface area contributed by atoms with E-state index in [4.69, 9.17) is 5.73 Å². The van der Waals surface area contributed by atoms with Gasteiger partial charge in [0.15, 0.2) is 0 Å². The lowest BCUT2D eigenvalue weighted by Crippen LogP contribution is -2.51. The van der Waals surface area contributed by atoms with Gasteiger partial charge in [-0.15, -0.1) is 0 Å². The molecule has 100 valence electrons. The Hall–Kier alpha value is -1.07. The number of hydrogen-bond donors (Lipinski definition) is 1. The van der Waals surface area contributed by atoms with E-state index in [9.17, 15) is 13.2 Å². The molecule has 1 aromatic rings. The van der Waals surface area contributed by atoms with E-state index in [1.807, 2.05) is 0 Å². The van der Waals surface area contributed by atoms with Crippen molar-refractivity contribution in [3.63, 3.8) is 0 Å². The Morgan fingerprint density at radius 3 is 2.39 bits per heavy atom. The quantitative estimate of drug-likeness (QED) is 0.877. The minimum Gasteiger partial charge on any atom is -0.324 e. The van der Waals surface area contributed by atoms with Crippen LogP contribution in [0.5, 0.6) is 0 Å². The van der Waals surface area contributed by atoms with Crippen LogP contribution in [0.2, 0.25) is 0 Å². The summed E-state index contributed by atoms with van der Waals surface area (Å²) in [4.78, 5) is 2.10. The zero-order valence-electron chi connectivity index (χ0n) is 10.1. The highest BCUT2D eigenvalue weighted by Crippen LogP contribution is 2.28. The SMILES string of the molecule is NC(c1cc(F)cc(F)c1)C1CN(CCCF)C1. The number of nitrogens with zero attached hydrogens (tertiary/aromatic N) is 1. The smallest absolute Gasteiger partial charge is 0.126 e. The summed E-state index contributed by atoms with van der Waals surface area (Å²) in [6.45, 7) is 1.93. The highest BCUT2D eigenvalue weighted by atomic mass is 19.1. The molecular formula is C13H17F3N2. The van der Waals surface area contributed by atoms with Gasteiger partial charge in [-0.05, 0) is 24.1 Å². The van der Waals surface area contributed by atoms with Crippen LogP contribution >= 0.6 is 0 Å². The number of rotatable bonds is 5. The van der Waals surface area contributed by atoms with E-state index in [1.54, 1.807) is 0 Å². The molecule has 2 rings (SSSR count). The van der Waals surface area contributed by atoms with Crippen molar-refractivity contribution in [1.82, 2.24) is 4.90 Å². The minimum atomic E-state index is -0.603. The van der Waals surface area contributed by atoms with Crippen LogP contribution in [-0.2, 0) is 0 Å². The molecule has 2 nitrogen and oxygen atoms in total. The van der Waals surface area contributed by atoms with Gasteiger partial charge < -0.3 is 10.6 Å². The highest BCUT2D eigenvalue weighted by molar-refractivity contribution is 5.22. The van der Waals surface area contributed by atoms with Crippen molar-refractivity contribution in [1.29, 1.82) is 0 Å². The summed E-state index contributed by atoms with van der Waals surface area (Å²) >= 11 is 0. The Balaban J connectivity index is 1.91. The standard InChI is InChI=1S/C13H17F3N2/c14-2-1-3-18-7-10(8-18)13(17)9-4-11(15)6-12(16)5-9/h4-6,10,13H,1-3,7-8,17H2. The van der Waals surface area contributed by atoms with Crippen LogP contribution in [0.3, 0.4) is 0 Å². The molecular weight excluding hydrogens is 241 g/mol. The molecule has 0 saturated carbocycles. The number of halogens is 3. The lowest BCUT2D eigenvalue weighted by molar-refractivity contribution is 0.0784. The maximum absolute atomic E-state index is 13.1. The second kappa shape index (κ2) is 5.71. The minimum absolute atomic E-state index is 0.186. The summed E-state index contributed by atoms with van der Waals surface area (Å²) in [5.41, 5.74) is 6.48. The third-order valence-electron chi connectivity index (χ3n) is 3.37. The van der Waals surface area contributed by atoms with Crippen molar-refractivity contribution in [2.45, 2.75) is 12.5 Å². The van der Waals surface area contributed by atoms with Crippen LogP contribution in [0.15, 0.2) is 18.2 Å². The fourth-order valence-electron chi connectivity index (χ4n) is 2.34. The molecule has 1 atom stereocenters. The second-order valence-electron chi connectivity index (χ2n) is 4.79. The molecule has 0 radical (unpaired) electrons. The molecule has 0 amide bonds. The van der Waals surface area contributed by atoms with Crippen LogP contribution in [0.1, 0.15) is 18.0 Å². The summed E-state index contributed by atoms with van der Waals surface area (Å²) < 4.78 is 38.1. The van der Waals surface area contributed by atoms with Gasteiger partial charge >= 0.3 is 0 Å². The second-order valence-corrected chi connectivity index (χ2v) is 4.79. The van der Waals surface area contributed by atoms with E-state index < -0.39 is 11.6 Å². The van der Waals surface area contributed by atoms with E-state index in [1.165, 1.54) is 12.1 Å². The number of alkyl halides is 1. The van der Waals surface area contributed by atoms with Crippen LogP contribution < -0.4 is 5.73 Å². The summed E-state index contributed by atoms with van der Waals surface area (Å²) in [6, 6.07) is 3.03. The maximum Gasteiger partial charge on any atom is 0.126 e. The molecule has 0 bridgehead atoms. The van der Waals surface area contributed by atoms with Gasteiger partial charge in [-0.25, -0.2) is 8.78 Å². The molecule has 1 aliphatic rings. The van der Waals surface area contributed by atoms with Gasteiger partial charge in [-0.3, -0.25) is 4.39 Å². The van der Waals surface area contributed by atoms with Gasteiger partial charge in [0, 0.05) is 37.7 Å². The first-order valence-corrected chi connectivity index (χ1v) is 6.10. The fourth-order valence-corrected chi connectivity index (χ4v) is 2.34. The van der Waals surface area contributed by atoms with Gasteiger partial charge in [-0.1, -0.05) is 0 Å². The van der Waals surface area contributed by atoms with E-state index in [0.717, 1.165) is 25.7 Å². The summed E-state index contributed by atoms with van der Waals surface area (Å²) in [5, 5.41) is 0. The topological polar surface area (TPSA) is 29.3 Å². The Morgan fingerprint density at radius 1 is 1.22 bits per heavy atom. The first kappa shape index (κ1) is 13.4. The Morgan fingerprint density at radius 2 is 1.83 bits per heavy atom. The van der Waals surface area contributed by atoms with Gasteiger partial charge in [0.05, 0.1) is 6.67 Å². The maximum atomic E-state index is 13.1. The Labute approximate surface area is 105 Å². The zero-order valence-corrected chi connectivity index (χ0v) is 10.1. The Bertz CT molecular complexity index is 385. The van der Waals surface area contributed by atoms with Gasteiger partial charge in [0.1, 0.15) is 11.6 Å². The predicted molar refractivity (Wildman–Crippen MR) is 63.8 cm³/mol. The molecule has 2 N–H and O–H groups in total. The lowest BCUT2D eigenvalue weighted by Gasteiger charge is -2.42.